The lowest BCUT2D eigenvalue weighted by atomic mass is 10.2. The van der Waals surface area contributed by atoms with Crippen molar-refractivity contribution >= 4 is 16.9 Å². The Morgan fingerprint density at radius 1 is 1.16 bits per heavy atom. The topological polar surface area (TPSA) is 95.1 Å². The summed E-state index contributed by atoms with van der Waals surface area (Å²) < 4.78 is 53.8. The largest absolute Gasteiger partial charge is 0.433 e. The molecule has 4 N–H and O–H groups in total. The van der Waals surface area contributed by atoms with Crippen molar-refractivity contribution in [3.63, 3.8) is 0 Å². The lowest BCUT2D eigenvalue weighted by Gasteiger charge is -2.07. The normalized spacial score (nSPS) is 12.7. The molecule has 0 saturated heterocycles. The highest BCUT2D eigenvalue weighted by atomic mass is 19.4. The van der Waals surface area contributed by atoms with Gasteiger partial charge in [0.25, 0.3) is 0 Å². The van der Waals surface area contributed by atoms with Gasteiger partial charge in [-0.25, -0.2) is 14.1 Å². The van der Waals surface area contributed by atoms with Crippen LogP contribution in [0.4, 0.5) is 17.6 Å². The summed E-state index contributed by atoms with van der Waals surface area (Å²) in [6.07, 6.45) is -4.63. The number of pyridine rings is 1. The van der Waals surface area contributed by atoms with Gasteiger partial charge in [-0.1, -0.05) is 18.2 Å². The zero-order chi connectivity index (χ0) is 18.2. The molecule has 0 spiro atoms. The van der Waals surface area contributed by atoms with Crippen LogP contribution in [0.25, 0.3) is 11.0 Å². The number of fused-ring (bicyclic) bond motifs is 1. The molecule has 10 heteroatoms. The number of amidine groups is 1. The molecule has 0 atom stereocenters. The number of hydrogen-bond donors (Lipinski definition) is 2. The number of hydrazone groups is 1. The zero-order valence-corrected chi connectivity index (χ0v) is 12.6. The summed E-state index contributed by atoms with van der Waals surface area (Å²) in [5.74, 6) is 4.45. The maximum absolute atomic E-state index is 13.9. The summed E-state index contributed by atoms with van der Waals surface area (Å²) in [6, 6.07) is 7.84. The lowest BCUT2D eigenvalue weighted by molar-refractivity contribution is -0.141. The molecule has 0 aliphatic rings. The van der Waals surface area contributed by atoms with Crippen LogP contribution in [-0.2, 0) is 12.7 Å². The van der Waals surface area contributed by atoms with Gasteiger partial charge >= 0.3 is 6.18 Å². The molecule has 2 heterocycles. The van der Waals surface area contributed by atoms with Crippen LogP contribution >= 0.6 is 0 Å². The quantitative estimate of drug-likeness (QED) is 0.248. The fourth-order valence-electron chi connectivity index (χ4n) is 2.36. The van der Waals surface area contributed by atoms with Crippen LogP contribution in [-0.4, -0.2) is 20.6 Å². The molecule has 2 aromatic heterocycles. The Morgan fingerprint density at radius 3 is 2.52 bits per heavy atom. The van der Waals surface area contributed by atoms with Crippen LogP contribution in [0.15, 0.2) is 41.5 Å². The number of nitrogens with zero attached hydrogens (tertiary/aromatic N) is 4. The minimum Gasteiger partial charge on any atom is -0.380 e. The van der Waals surface area contributed by atoms with Crippen LogP contribution in [0.2, 0.25) is 0 Å². The van der Waals surface area contributed by atoms with E-state index in [2.05, 4.69) is 15.2 Å². The first-order valence-corrected chi connectivity index (χ1v) is 7.03. The molecule has 1 aromatic carbocycles. The summed E-state index contributed by atoms with van der Waals surface area (Å²) in [6.45, 7) is -0.130. The number of nitrogens with two attached hydrogens (primary N) is 2. The first kappa shape index (κ1) is 16.7. The van der Waals surface area contributed by atoms with Crippen LogP contribution in [0, 0.1) is 5.82 Å². The number of rotatable bonds is 3. The van der Waals surface area contributed by atoms with E-state index in [1.165, 1.54) is 24.3 Å². The van der Waals surface area contributed by atoms with Gasteiger partial charge in [0.05, 0.1) is 11.9 Å². The summed E-state index contributed by atoms with van der Waals surface area (Å²) >= 11 is 0. The molecule has 130 valence electrons. The Kier molecular flexibility index (Phi) is 4.03. The second-order valence-electron chi connectivity index (χ2n) is 5.18. The minimum absolute atomic E-state index is 0.0788. The summed E-state index contributed by atoms with van der Waals surface area (Å²) in [5, 5.41) is 7.65. The molecule has 0 saturated carbocycles. The predicted molar refractivity (Wildman–Crippen MR) is 82.9 cm³/mol. The van der Waals surface area contributed by atoms with E-state index >= 15 is 0 Å². The smallest absolute Gasteiger partial charge is 0.380 e. The maximum atomic E-state index is 13.9. The molecular weight excluding hydrogens is 340 g/mol. The molecule has 0 aliphatic carbocycles. The Bertz CT molecular complexity index is 960. The van der Waals surface area contributed by atoms with Crippen LogP contribution < -0.4 is 11.6 Å². The van der Waals surface area contributed by atoms with Crippen molar-refractivity contribution in [2.45, 2.75) is 12.7 Å². The third-order valence-electron chi connectivity index (χ3n) is 3.55. The van der Waals surface area contributed by atoms with Gasteiger partial charge in [0, 0.05) is 5.56 Å². The Morgan fingerprint density at radius 2 is 1.88 bits per heavy atom. The molecule has 3 aromatic rings. The average molecular weight is 352 g/mol. The van der Waals surface area contributed by atoms with E-state index in [0.29, 0.717) is 0 Å². The van der Waals surface area contributed by atoms with E-state index in [4.69, 9.17) is 11.6 Å². The van der Waals surface area contributed by atoms with Crippen molar-refractivity contribution in [1.29, 1.82) is 0 Å². The maximum Gasteiger partial charge on any atom is 0.433 e. The molecule has 25 heavy (non-hydrogen) atoms. The SMILES string of the molecule is NN=C(N)c1nn(Cc2ccccc2F)c2nc(C(F)(F)F)ccc12. The van der Waals surface area contributed by atoms with Gasteiger partial charge in [0.15, 0.2) is 11.5 Å². The van der Waals surface area contributed by atoms with Crippen molar-refractivity contribution in [2.24, 2.45) is 16.7 Å². The van der Waals surface area contributed by atoms with Crippen molar-refractivity contribution in [1.82, 2.24) is 14.8 Å². The summed E-state index contributed by atoms with van der Waals surface area (Å²) in [7, 11) is 0. The predicted octanol–water partition coefficient (Wildman–Crippen LogP) is 2.22. The van der Waals surface area contributed by atoms with Crippen LogP contribution in [0.3, 0.4) is 0 Å². The summed E-state index contributed by atoms with van der Waals surface area (Å²) in [5.41, 5.74) is 4.77. The minimum atomic E-state index is -4.63. The number of benzene rings is 1. The highest BCUT2D eigenvalue weighted by Crippen LogP contribution is 2.30. The number of aromatic nitrogens is 3. The Labute approximate surface area is 138 Å². The van der Waals surface area contributed by atoms with E-state index in [0.717, 1.165) is 10.7 Å². The van der Waals surface area contributed by atoms with Crippen LogP contribution in [0.5, 0.6) is 0 Å². The molecule has 6 nitrogen and oxygen atoms in total. The van der Waals surface area contributed by atoms with Gasteiger partial charge in [0.2, 0.25) is 0 Å². The first-order chi connectivity index (χ1) is 11.8. The second-order valence-corrected chi connectivity index (χ2v) is 5.18. The molecule has 3 rings (SSSR count). The fourth-order valence-corrected chi connectivity index (χ4v) is 2.36. The van der Waals surface area contributed by atoms with Crippen molar-refractivity contribution in [3.8, 4) is 0 Å². The molecular formula is C15H12F4N6. The fraction of sp³-hybridized carbons (Fsp3) is 0.133. The standard InChI is InChI=1S/C15H12F4N6/c16-10-4-2-1-3-8(10)7-25-14-9(12(24-25)13(20)23-21)5-6-11(22-14)15(17,18)19/h1-6H,7,21H2,(H2,20,23). The van der Waals surface area contributed by atoms with E-state index in [9.17, 15) is 17.6 Å². The summed E-state index contributed by atoms with van der Waals surface area (Å²) in [4.78, 5) is 3.61. The lowest BCUT2D eigenvalue weighted by Crippen LogP contribution is -2.17. The van der Waals surface area contributed by atoms with E-state index in [-0.39, 0.29) is 34.7 Å². The number of halogens is 4. The second kappa shape index (κ2) is 6.04. The molecule has 0 radical (unpaired) electrons. The monoisotopic (exact) mass is 352 g/mol. The molecule has 0 fully saturated rings. The van der Waals surface area contributed by atoms with E-state index < -0.39 is 17.7 Å². The van der Waals surface area contributed by atoms with Gasteiger partial charge in [-0.05, 0) is 18.2 Å². The molecule has 0 amide bonds. The zero-order valence-electron chi connectivity index (χ0n) is 12.6. The highest BCUT2D eigenvalue weighted by Gasteiger charge is 2.33. The molecule has 0 aliphatic heterocycles. The average Bonchev–Trinajstić information content (AvgIpc) is 2.93. The van der Waals surface area contributed by atoms with Gasteiger partial charge in [-0.15, -0.1) is 0 Å². The van der Waals surface area contributed by atoms with E-state index in [1.807, 2.05) is 0 Å². The number of hydrogen-bond acceptors (Lipinski definition) is 4. The Balaban J connectivity index is 2.20. The van der Waals surface area contributed by atoms with Gasteiger partial charge < -0.3 is 11.6 Å². The molecule has 0 bridgehead atoms. The third kappa shape index (κ3) is 3.10. The van der Waals surface area contributed by atoms with Crippen LogP contribution in [0.1, 0.15) is 17.0 Å². The van der Waals surface area contributed by atoms with Gasteiger partial charge in [-0.2, -0.15) is 23.4 Å². The number of alkyl halides is 3. The van der Waals surface area contributed by atoms with Gasteiger partial charge in [0.1, 0.15) is 17.2 Å². The van der Waals surface area contributed by atoms with Crippen molar-refractivity contribution in [3.05, 3.63) is 59.2 Å². The van der Waals surface area contributed by atoms with Gasteiger partial charge in [-0.3, -0.25) is 0 Å². The van der Waals surface area contributed by atoms with Crippen molar-refractivity contribution < 1.29 is 17.6 Å². The first-order valence-electron chi connectivity index (χ1n) is 7.03. The van der Waals surface area contributed by atoms with E-state index in [1.54, 1.807) is 6.07 Å². The Hall–Kier alpha value is -3.17. The third-order valence-corrected chi connectivity index (χ3v) is 3.55. The van der Waals surface area contributed by atoms with Crippen molar-refractivity contribution in [2.75, 3.05) is 0 Å². The molecule has 0 unspecified atom stereocenters. The highest BCUT2D eigenvalue weighted by molar-refractivity contribution is 6.06.